The average molecular weight is 411 g/mol. The van der Waals surface area contributed by atoms with Gasteiger partial charge in [-0.05, 0) is 34.1 Å². The Morgan fingerprint density at radius 3 is 2.26 bits per heavy atom. The lowest BCUT2D eigenvalue weighted by Crippen LogP contribution is -2.31. The minimum Gasteiger partial charge on any atom is -0.364 e. The minimum absolute atomic E-state index is 0.143. The largest absolute Gasteiger partial charge is 0.416 e. The summed E-state index contributed by atoms with van der Waals surface area (Å²) in [4.78, 5) is 1.32. The molecule has 0 saturated heterocycles. The molecule has 0 heterocycles. The Bertz CT molecular complexity index is 422. The number of halogens is 7. The van der Waals surface area contributed by atoms with E-state index >= 15 is 0 Å². The van der Waals surface area contributed by atoms with Crippen LogP contribution in [0.15, 0.2) is 22.7 Å². The number of anilines is 1. The first kappa shape index (κ1) is 16.7. The molecule has 0 amide bonds. The number of nitrogens with zero attached hydrogens (tertiary/aromatic N) is 1. The van der Waals surface area contributed by atoms with Gasteiger partial charge in [-0.2, -0.15) is 13.2 Å². The van der Waals surface area contributed by atoms with Gasteiger partial charge in [0.25, 0.3) is 6.43 Å². The lowest BCUT2D eigenvalue weighted by atomic mass is 10.2. The summed E-state index contributed by atoms with van der Waals surface area (Å²) in [5.41, 5.74) is -0.508. The maximum absolute atomic E-state index is 12.5. The van der Waals surface area contributed by atoms with Gasteiger partial charge in [-0.1, -0.05) is 15.9 Å². The fraction of sp³-hybridized carbons (Fsp3) is 0.455. The average Bonchev–Trinajstić information content (AvgIpc) is 2.26. The summed E-state index contributed by atoms with van der Waals surface area (Å²) in [5, 5.41) is 0.438. The van der Waals surface area contributed by atoms with Crippen molar-refractivity contribution in [3.63, 3.8) is 0 Å². The zero-order chi connectivity index (χ0) is 14.6. The summed E-state index contributed by atoms with van der Waals surface area (Å²) in [6.45, 7) is -0.260. The molecule has 108 valence electrons. The third-order valence-electron chi connectivity index (χ3n) is 2.33. The van der Waals surface area contributed by atoms with E-state index in [9.17, 15) is 22.0 Å². The fourth-order valence-corrected chi connectivity index (χ4v) is 2.58. The molecule has 0 aliphatic carbocycles. The van der Waals surface area contributed by atoms with Crippen molar-refractivity contribution in [2.24, 2.45) is 0 Å². The van der Waals surface area contributed by atoms with Crippen LogP contribution in [0, 0.1) is 0 Å². The Hall–Kier alpha value is -0.370. The summed E-state index contributed by atoms with van der Waals surface area (Å²) < 4.78 is 62.5. The van der Waals surface area contributed by atoms with Gasteiger partial charge < -0.3 is 4.90 Å². The van der Waals surface area contributed by atoms with E-state index in [0.29, 0.717) is 11.0 Å². The second-order valence-corrected chi connectivity index (χ2v) is 5.34. The van der Waals surface area contributed by atoms with E-state index in [4.69, 9.17) is 0 Å². The second-order valence-electron chi connectivity index (χ2n) is 3.69. The van der Waals surface area contributed by atoms with Crippen LogP contribution in [0.25, 0.3) is 0 Å². The number of rotatable bonds is 5. The lowest BCUT2D eigenvalue weighted by molar-refractivity contribution is -0.137. The molecule has 1 nitrogen and oxygen atoms in total. The van der Waals surface area contributed by atoms with Gasteiger partial charge in [0.2, 0.25) is 0 Å². The van der Waals surface area contributed by atoms with Crippen LogP contribution in [0.1, 0.15) is 5.56 Å². The summed E-state index contributed by atoms with van der Waals surface area (Å²) in [7, 11) is 0. The number of benzene rings is 1. The molecule has 8 heteroatoms. The molecule has 0 aliphatic rings. The molecule has 0 radical (unpaired) electrons. The maximum atomic E-state index is 12.5. The third kappa shape index (κ3) is 4.91. The molecule has 0 saturated carbocycles. The fourth-order valence-electron chi connectivity index (χ4n) is 1.52. The van der Waals surface area contributed by atoms with Crippen molar-refractivity contribution >= 4 is 37.5 Å². The number of hydrogen-bond donors (Lipinski definition) is 0. The lowest BCUT2D eigenvalue weighted by Gasteiger charge is -2.25. The summed E-state index contributed by atoms with van der Waals surface area (Å²) in [5.74, 6) is 0. The van der Waals surface area contributed by atoms with E-state index in [1.807, 2.05) is 0 Å². The zero-order valence-electron chi connectivity index (χ0n) is 9.52. The van der Waals surface area contributed by atoms with E-state index < -0.39 is 24.7 Å². The predicted molar refractivity (Wildman–Crippen MR) is 71.2 cm³/mol. The Kier molecular flexibility index (Phi) is 6.04. The first-order valence-electron chi connectivity index (χ1n) is 5.21. The Morgan fingerprint density at radius 1 is 1.21 bits per heavy atom. The van der Waals surface area contributed by atoms with Crippen LogP contribution in [0.4, 0.5) is 27.6 Å². The molecule has 0 spiro atoms. The molecule has 1 aromatic rings. The molecule has 0 bridgehead atoms. The smallest absolute Gasteiger partial charge is 0.364 e. The summed E-state index contributed by atoms with van der Waals surface area (Å²) in [6, 6.07) is 2.97. The van der Waals surface area contributed by atoms with E-state index in [-0.39, 0.29) is 11.0 Å². The van der Waals surface area contributed by atoms with Gasteiger partial charge in [-0.25, -0.2) is 8.78 Å². The molecule has 0 fully saturated rings. The van der Waals surface area contributed by atoms with Crippen molar-refractivity contribution in [3.05, 3.63) is 28.2 Å². The van der Waals surface area contributed by atoms with Crippen LogP contribution < -0.4 is 4.90 Å². The molecule has 0 unspecified atom stereocenters. The molecule has 0 N–H and O–H groups in total. The van der Waals surface area contributed by atoms with Crippen molar-refractivity contribution in [2.45, 2.75) is 12.6 Å². The molecule has 1 rings (SSSR count). The van der Waals surface area contributed by atoms with Gasteiger partial charge >= 0.3 is 6.18 Å². The third-order valence-corrected chi connectivity index (χ3v) is 3.32. The second kappa shape index (κ2) is 6.88. The van der Waals surface area contributed by atoms with Crippen molar-refractivity contribution in [3.8, 4) is 0 Å². The van der Waals surface area contributed by atoms with E-state index in [2.05, 4.69) is 31.9 Å². The zero-order valence-corrected chi connectivity index (χ0v) is 12.7. The first-order chi connectivity index (χ1) is 8.75. The van der Waals surface area contributed by atoms with Crippen LogP contribution in [-0.2, 0) is 6.18 Å². The van der Waals surface area contributed by atoms with Gasteiger partial charge in [0, 0.05) is 16.3 Å². The number of hydrogen-bond acceptors (Lipinski definition) is 1. The normalized spacial score (nSPS) is 12.0. The Balaban J connectivity index is 3.04. The molecule has 19 heavy (non-hydrogen) atoms. The van der Waals surface area contributed by atoms with Crippen LogP contribution in [0.5, 0.6) is 0 Å². The quantitative estimate of drug-likeness (QED) is 0.491. The topological polar surface area (TPSA) is 3.24 Å². The first-order valence-corrected chi connectivity index (χ1v) is 7.13. The van der Waals surface area contributed by atoms with Gasteiger partial charge in [-0.3, -0.25) is 0 Å². The van der Waals surface area contributed by atoms with Gasteiger partial charge in [0.1, 0.15) is 0 Å². The molecule has 1 aromatic carbocycles. The van der Waals surface area contributed by atoms with Gasteiger partial charge in [0.15, 0.2) is 0 Å². The van der Waals surface area contributed by atoms with Crippen molar-refractivity contribution in [1.82, 2.24) is 0 Å². The van der Waals surface area contributed by atoms with E-state index in [1.54, 1.807) is 0 Å². The highest BCUT2D eigenvalue weighted by Gasteiger charge is 2.31. The van der Waals surface area contributed by atoms with Gasteiger partial charge in [-0.15, -0.1) is 0 Å². The van der Waals surface area contributed by atoms with Crippen molar-refractivity contribution in [1.29, 1.82) is 0 Å². The van der Waals surface area contributed by atoms with Crippen molar-refractivity contribution in [2.75, 3.05) is 23.3 Å². The highest BCUT2D eigenvalue weighted by molar-refractivity contribution is 9.10. The van der Waals surface area contributed by atoms with Crippen LogP contribution >= 0.6 is 31.9 Å². The standard InChI is InChI=1S/C11H10Br2F5N/c12-3-4-19(6-10(14)15)9-2-1-7(5-8(9)13)11(16,17)18/h1-2,5,10H,3-4,6H2. The molecular formula is C11H10Br2F5N. The molecule has 0 aromatic heterocycles. The summed E-state index contributed by atoms with van der Waals surface area (Å²) >= 11 is 6.12. The van der Waals surface area contributed by atoms with Crippen LogP contribution in [-0.4, -0.2) is 24.8 Å². The molecule has 0 aliphatic heterocycles. The maximum Gasteiger partial charge on any atom is 0.416 e. The highest BCUT2D eigenvalue weighted by atomic mass is 79.9. The minimum atomic E-state index is -4.45. The predicted octanol–water partition coefficient (Wildman–Crippen LogP) is 4.93. The highest BCUT2D eigenvalue weighted by Crippen LogP contribution is 2.35. The van der Waals surface area contributed by atoms with E-state index in [1.165, 1.54) is 11.0 Å². The summed E-state index contributed by atoms with van der Waals surface area (Å²) in [6.07, 6.45) is -7.02. The monoisotopic (exact) mass is 409 g/mol. The Labute approximate surface area is 124 Å². The van der Waals surface area contributed by atoms with Crippen LogP contribution in [0.3, 0.4) is 0 Å². The van der Waals surface area contributed by atoms with E-state index in [0.717, 1.165) is 12.1 Å². The van der Waals surface area contributed by atoms with Crippen LogP contribution in [0.2, 0.25) is 0 Å². The SMILES string of the molecule is FC(F)CN(CCBr)c1ccc(C(F)(F)F)cc1Br. The Morgan fingerprint density at radius 2 is 1.84 bits per heavy atom. The van der Waals surface area contributed by atoms with Crippen molar-refractivity contribution < 1.29 is 22.0 Å². The number of alkyl halides is 6. The molecule has 0 atom stereocenters. The molecular weight excluding hydrogens is 401 g/mol. The van der Waals surface area contributed by atoms with Gasteiger partial charge in [0.05, 0.1) is 17.8 Å².